The number of hydrogen-bond donors (Lipinski definition) is 1. The molecule has 37 heavy (non-hydrogen) atoms. The molecular formula is C27H22F3N3O4. The number of nitrogens with one attached hydrogen (secondary N) is 1. The van der Waals surface area contributed by atoms with E-state index in [1.54, 1.807) is 25.3 Å². The number of alkyl halides is 3. The minimum absolute atomic E-state index is 0.0727. The van der Waals surface area contributed by atoms with E-state index in [0.717, 1.165) is 35.4 Å². The van der Waals surface area contributed by atoms with Gasteiger partial charge in [0, 0.05) is 18.7 Å². The number of fused-ring (bicyclic) bond motifs is 2. The SMILES string of the molecule is COc1ccc(-c2ccc3c(c2)C(=O)N2CCN(C(=O)c4ccc(C(F)(F)F)cc4)CC2C(=O)N3)cc1. The quantitative estimate of drug-likeness (QED) is 0.571. The lowest BCUT2D eigenvalue weighted by atomic mass is 10.0. The van der Waals surface area contributed by atoms with Crippen molar-refractivity contribution in [2.45, 2.75) is 12.2 Å². The van der Waals surface area contributed by atoms with Crippen LogP contribution in [0.1, 0.15) is 26.3 Å². The number of amides is 3. The van der Waals surface area contributed by atoms with Crippen LogP contribution in [0.3, 0.4) is 0 Å². The molecule has 10 heteroatoms. The van der Waals surface area contributed by atoms with Gasteiger partial charge in [-0.2, -0.15) is 13.2 Å². The molecule has 190 valence electrons. The standard InChI is InChI=1S/C27H22F3N3O4/c1-37-20-9-4-16(5-10-20)18-6-11-22-21(14-18)26(36)33-13-12-32(15-23(33)24(34)31-22)25(35)17-2-7-19(8-3-17)27(28,29)30/h2-11,14,23H,12-13,15H2,1H3,(H,31,34). The van der Waals surface area contributed by atoms with Crippen LogP contribution < -0.4 is 10.1 Å². The molecule has 5 rings (SSSR count). The van der Waals surface area contributed by atoms with Gasteiger partial charge in [-0.3, -0.25) is 14.4 Å². The molecule has 0 aliphatic carbocycles. The molecule has 0 bridgehead atoms. The summed E-state index contributed by atoms with van der Waals surface area (Å²) >= 11 is 0. The highest BCUT2D eigenvalue weighted by atomic mass is 19.4. The first-order chi connectivity index (χ1) is 17.7. The molecule has 0 saturated carbocycles. The number of anilines is 1. The van der Waals surface area contributed by atoms with Gasteiger partial charge in [0.05, 0.1) is 30.5 Å². The molecular weight excluding hydrogens is 487 g/mol. The fourth-order valence-corrected chi connectivity index (χ4v) is 4.58. The zero-order valence-electron chi connectivity index (χ0n) is 19.7. The zero-order chi connectivity index (χ0) is 26.3. The van der Waals surface area contributed by atoms with Crippen molar-refractivity contribution in [3.05, 3.63) is 83.4 Å². The van der Waals surface area contributed by atoms with Gasteiger partial charge in [-0.15, -0.1) is 0 Å². The Morgan fingerprint density at radius 1 is 0.946 bits per heavy atom. The highest BCUT2D eigenvalue weighted by molar-refractivity contribution is 6.11. The van der Waals surface area contributed by atoms with E-state index in [1.807, 2.05) is 24.3 Å². The van der Waals surface area contributed by atoms with Gasteiger partial charge in [0.15, 0.2) is 0 Å². The summed E-state index contributed by atoms with van der Waals surface area (Å²) < 4.78 is 43.8. The normalized spacial score (nSPS) is 17.5. The number of carbonyl (C=O) groups excluding carboxylic acids is 3. The second-order valence-corrected chi connectivity index (χ2v) is 8.82. The fourth-order valence-electron chi connectivity index (χ4n) is 4.58. The van der Waals surface area contributed by atoms with Gasteiger partial charge in [-0.25, -0.2) is 0 Å². The molecule has 0 aromatic heterocycles. The first kappa shape index (κ1) is 24.4. The summed E-state index contributed by atoms with van der Waals surface area (Å²) in [6, 6.07) is 15.6. The summed E-state index contributed by atoms with van der Waals surface area (Å²) in [5.74, 6) is -0.574. The molecule has 1 atom stereocenters. The van der Waals surface area contributed by atoms with Crippen LogP contribution in [0.4, 0.5) is 18.9 Å². The Bertz CT molecular complexity index is 1370. The first-order valence-electron chi connectivity index (χ1n) is 11.5. The van der Waals surface area contributed by atoms with Crippen molar-refractivity contribution in [3.63, 3.8) is 0 Å². The molecule has 1 fully saturated rings. The summed E-state index contributed by atoms with van der Waals surface area (Å²) in [7, 11) is 1.58. The minimum atomic E-state index is -4.51. The molecule has 2 aliphatic rings. The van der Waals surface area contributed by atoms with Crippen molar-refractivity contribution in [3.8, 4) is 16.9 Å². The number of halogens is 3. The van der Waals surface area contributed by atoms with Gasteiger partial charge in [0.1, 0.15) is 11.8 Å². The predicted octanol–water partition coefficient (Wildman–Crippen LogP) is 4.30. The Morgan fingerprint density at radius 3 is 2.27 bits per heavy atom. The van der Waals surface area contributed by atoms with Crippen LogP contribution in [0, 0.1) is 0 Å². The number of ether oxygens (including phenoxy) is 1. The number of carbonyl (C=O) groups is 3. The maximum absolute atomic E-state index is 13.5. The van der Waals surface area contributed by atoms with Gasteiger partial charge >= 0.3 is 6.18 Å². The van der Waals surface area contributed by atoms with E-state index >= 15 is 0 Å². The van der Waals surface area contributed by atoms with Crippen molar-refractivity contribution in [1.29, 1.82) is 0 Å². The second kappa shape index (κ2) is 9.27. The predicted molar refractivity (Wildman–Crippen MR) is 129 cm³/mol. The summed E-state index contributed by atoms with van der Waals surface area (Å²) in [5, 5.41) is 2.79. The molecule has 2 aliphatic heterocycles. The molecule has 1 unspecified atom stereocenters. The Morgan fingerprint density at radius 2 is 1.62 bits per heavy atom. The van der Waals surface area contributed by atoms with E-state index < -0.39 is 29.6 Å². The largest absolute Gasteiger partial charge is 0.497 e. The van der Waals surface area contributed by atoms with E-state index in [1.165, 1.54) is 9.80 Å². The lowest BCUT2D eigenvalue weighted by Gasteiger charge is -2.39. The Balaban J connectivity index is 1.37. The monoisotopic (exact) mass is 509 g/mol. The van der Waals surface area contributed by atoms with E-state index in [4.69, 9.17) is 4.74 Å². The third-order valence-corrected chi connectivity index (χ3v) is 6.62. The van der Waals surface area contributed by atoms with E-state index in [0.29, 0.717) is 17.0 Å². The van der Waals surface area contributed by atoms with E-state index in [9.17, 15) is 27.6 Å². The van der Waals surface area contributed by atoms with Crippen LogP contribution >= 0.6 is 0 Å². The smallest absolute Gasteiger partial charge is 0.416 e. The average Bonchev–Trinajstić information content (AvgIpc) is 3.01. The first-order valence-corrected chi connectivity index (χ1v) is 11.5. The summed E-state index contributed by atoms with van der Waals surface area (Å²) in [5.41, 5.74) is 1.60. The average molecular weight is 509 g/mol. The van der Waals surface area contributed by atoms with Crippen LogP contribution in [0.15, 0.2) is 66.7 Å². The second-order valence-electron chi connectivity index (χ2n) is 8.82. The number of benzene rings is 3. The third kappa shape index (κ3) is 4.62. The van der Waals surface area contributed by atoms with Crippen molar-refractivity contribution < 1.29 is 32.3 Å². The van der Waals surface area contributed by atoms with Crippen molar-refractivity contribution >= 4 is 23.4 Å². The van der Waals surface area contributed by atoms with Crippen LogP contribution in [-0.2, 0) is 11.0 Å². The summed E-state index contributed by atoms with van der Waals surface area (Å²) in [6.07, 6.45) is -4.51. The van der Waals surface area contributed by atoms with Crippen molar-refractivity contribution in [2.75, 3.05) is 32.1 Å². The molecule has 0 radical (unpaired) electrons. The number of hydrogen-bond acceptors (Lipinski definition) is 4. The molecule has 1 N–H and O–H groups in total. The molecule has 2 heterocycles. The summed E-state index contributed by atoms with van der Waals surface area (Å²) in [6.45, 7) is 0.176. The van der Waals surface area contributed by atoms with E-state index in [-0.39, 0.29) is 31.1 Å². The molecule has 0 spiro atoms. The third-order valence-electron chi connectivity index (χ3n) is 6.62. The lowest BCUT2D eigenvalue weighted by Crippen LogP contribution is -2.59. The Kier molecular flexibility index (Phi) is 6.10. The number of nitrogens with zero attached hydrogens (tertiary/aromatic N) is 2. The van der Waals surface area contributed by atoms with Crippen LogP contribution in [0.2, 0.25) is 0 Å². The molecule has 3 aromatic carbocycles. The number of methoxy groups -OCH3 is 1. The highest BCUT2D eigenvalue weighted by Gasteiger charge is 2.40. The zero-order valence-corrected chi connectivity index (χ0v) is 19.7. The van der Waals surface area contributed by atoms with Gasteiger partial charge in [0.25, 0.3) is 11.8 Å². The minimum Gasteiger partial charge on any atom is -0.497 e. The summed E-state index contributed by atoms with van der Waals surface area (Å²) in [4.78, 5) is 42.3. The van der Waals surface area contributed by atoms with Crippen LogP contribution in [-0.4, -0.2) is 60.3 Å². The number of rotatable bonds is 3. The molecule has 1 saturated heterocycles. The maximum Gasteiger partial charge on any atom is 0.416 e. The van der Waals surface area contributed by atoms with Gasteiger partial charge in [-0.05, 0) is 59.7 Å². The van der Waals surface area contributed by atoms with Gasteiger partial charge < -0.3 is 19.9 Å². The lowest BCUT2D eigenvalue weighted by molar-refractivity contribution is -0.137. The van der Waals surface area contributed by atoms with Gasteiger partial charge in [0.2, 0.25) is 5.91 Å². The fraction of sp³-hybridized carbons (Fsp3) is 0.222. The molecule has 3 amide bonds. The maximum atomic E-state index is 13.5. The molecule has 7 nitrogen and oxygen atoms in total. The Labute approximate surface area is 210 Å². The Hall–Kier alpha value is -4.34. The van der Waals surface area contributed by atoms with Crippen molar-refractivity contribution in [2.24, 2.45) is 0 Å². The topological polar surface area (TPSA) is 79.0 Å². The number of piperazine rings is 1. The highest BCUT2D eigenvalue weighted by Crippen LogP contribution is 2.32. The van der Waals surface area contributed by atoms with E-state index in [2.05, 4.69) is 5.32 Å². The molecule has 3 aromatic rings. The van der Waals surface area contributed by atoms with Crippen molar-refractivity contribution in [1.82, 2.24) is 9.80 Å². The van der Waals surface area contributed by atoms with Crippen LogP contribution in [0.25, 0.3) is 11.1 Å². The van der Waals surface area contributed by atoms with Gasteiger partial charge in [-0.1, -0.05) is 18.2 Å². The van der Waals surface area contributed by atoms with Crippen LogP contribution in [0.5, 0.6) is 5.75 Å².